The topological polar surface area (TPSA) is 63.6 Å². The van der Waals surface area contributed by atoms with Crippen LogP contribution in [-0.2, 0) is 4.74 Å². The van der Waals surface area contributed by atoms with Crippen molar-refractivity contribution in [1.82, 2.24) is 4.98 Å². The van der Waals surface area contributed by atoms with E-state index in [1.807, 2.05) is 13.8 Å². The Labute approximate surface area is 155 Å². The maximum absolute atomic E-state index is 14.0. The quantitative estimate of drug-likeness (QED) is 0.503. The molecule has 136 valence electrons. The van der Waals surface area contributed by atoms with E-state index < -0.39 is 5.95 Å². The Morgan fingerprint density at radius 3 is 2.64 bits per heavy atom. The van der Waals surface area contributed by atoms with E-state index in [0.29, 0.717) is 24.5 Å². The predicted octanol–water partition coefficient (Wildman–Crippen LogP) is 5.21. The molecule has 0 unspecified atom stereocenters. The lowest BCUT2D eigenvalue weighted by atomic mass is 10.0. The Kier molecular flexibility index (Phi) is 6.70. The minimum atomic E-state index is -0.899. The number of benzene rings is 1. The number of methoxy groups -OCH3 is 1. The number of anilines is 1. The Morgan fingerprint density at radius 1 is 1.28 bits per heavy atom. The van der Waals surface area contributed by atoms with E-state index in [4.69, 9.17) is 32.7 Å². The fourth-order valence-corrected chi connectivity index (χ4v) is 2.61. The average Bonchev–Trinajstić information content (AvgIpc) is 2.57. The average molecular weight is 389 g/mol. The largest absolute Gasteiger partial charge is 0.508 e. The molecule has 0 atom stereocenters. The Morgan fingerprint density at radius 2 is 2.00 bits per heavy atom. The lowest BCUT2D eigenvalue weighted by Crippen LogP contribution is -2.10. The summed E-state index contributed by atoms with van der Waals surface area (Å²) in [6.45, 7) is 4.65. The molecule has 0 fully saturated rings. The van der Waals surface area contributed by atoms with Crippen LogP contribution < -0.4 is 10.1 Å². The van der Waals surface area contributed by atoms with Gasteiger partial charge in [-0.15, -0.1) is 0 Å². The van der Waals surface area contributed by atoms with Crippen LogP contribution in [0.5, 0.6) is 17.2 Å². The summed E-state index contributed by atoms with van der Waals surface area (Å²) in [7, 11) is 1.55. The van der Waals surface area contributed by atoms with E-state index in [1.54, 1.807) is 19.2 Å². The Hall–Kier alpha value is -1.76. The molecule has 0 aliphatic heterocycles. The number of hydrogen-bond acceptors (Lipinski definition) is 5. The fourth-order valence-electron chi connectivity index (χ4n) is 2.15. The molecule has 0 aliphatic rings. The number of rotatable bonds is 7. The van der Waals surface area contributed by atoms with Crippen molar-refractivity contribution in [2.45, 2.75) is 19.8 Å². The summed E-state index contributed by atoms with van der Waals surface area (Å²) in [5, 5.41) is 12.5. The summed E-state index contributed by atoms with van der Waals surface area (Å²) in [6.07, 6.45) is 0. The van der Waals surface area contributed by atoms with Gasteiger partial charge in [0.05, 0.1) is 6.61 Å². The molecule has 1 heterocycles. The van der Waals surface area contributed by atoms with Gasteiger partial charge in [0.2, 0.25) is 5.95 Å². The number of pyridine rings is 1. The molecule has 0 saturated carbocycles. The molecule has 5 nitrogen and oxygen atoms in total. The summed E-state index contributed by atoms with van der Waals surface area (Å²) in [5.41, 5.74) is 0.692. The van der Waals surface area contributed by atoms with E-state index >= 15 is 0 Å². The van der Waals surface area contributed by atoms with Gasteiger partial charge in [0, 0.05) is 19.2 Å². The number of phenolic OH excluding ortho intramolecular Hbond substituents is 1. The molecule has 25 heavy (non-hydrogen) atoms. The van der Waals surface area contributed by atoms with Crippen LogP contribution in [0.25, 0.3) is 0 Å². The van der Waals surface area contributed by atoms with E-state index in [0.717, 1.165) is 0 Å². The monoisotopic (exact) mass is 388 g/mol. The molecule has 0 bridgehead atoms. The minimum Gasteiger partial charge on any atom is -0.508 e. The summed E-state index contributed by atoms with van der Waals surface area (Å²) < 4.78 is 24.6. The van der Waals surface area contributed by atoms with Crippen LogP contribution in [0.15, 0.2) is 18.2 Å². The number of nitrogens with one attached hydrogen (secondary N) is 1. The Balaban J connectivity index is 2.37. The number of aromatic nitrogens is 1. The van der Waals surface area contributed by atoms with Crippen molar-refractivity contribution in [3.63, 3.8) is 0 Å². The lowest BCUT2D eigenvalue weighted by Gasteiger charge is -2.15. The molecular formula is C17H19Cl2FN2O3. The second kappa shape index (κ2) is 8.56. The van der Waals surface area contributed by atoms with Gasteiger partial charge in [-0.25, -0.2) is 0 Å². The standard InChI is InChI=1S/C17H19Cl2FN2O3/c1-9(2)11-8-10(4-5-12(11)23)25-15-13(18)16(20)22-17(14(15)19)21-6-7-24-3/h4-5,8-9,23H,6-7H2,1-3H3,(H,21,22). The molecule has 8 heteroatoms. The molecule has 0 amide bonds. The zero-order valence-electron chi connectivity index (χ0n) is 14.1. The van der Waals surface area contributed by atoms with Crippen molar-refractivity contribution >= 4 is 29.0 Å². The molecule has 0 spiro atoms. The first-order valence-corrected chi connectivity index (χ1v) is 8.38. The van der Waals surface area contributed by atoms with E-state index in [-0.39, 0.29) is 33.3 Å². The first kappa shape index (κ1) is 19.6. The molecule has 0 saturated heterocycles. The Bertz CT molecular complexity index is 757. The zero-order valence-corrected chi connectivity index (χ0v) is 15.6. The predicted molar refractivity (Wildman–Crippen MR) is 96.9 cm³/mol. The molecule has 0 radical (unpaired) electrons. The van der Waals surface area contributed by atoms with Crippen LogP contribution in [0.1, 0.15) is 25.3 Å². The third-order valence-corrected chi connectivity index (χ3v) is 4.12. The first-order valence-electron chi connectivity index (χ1n) is 7.63. The maximum Gasteiger partial charge on any atom is 0.237 e. The summed E-state index contributed by atoms with van der Waals surface area (Å²) in [4.78, 5) is 3.69. The number of aromatic hydroxyl groups is 1. The normalized spacial score (nSPS) is 11.0. The summed E-state index contributed by atoms with van der Waals surface area (Å²) in [5.74, 6) is -0.227. The zero-order chi connectivity index (χ0) is 18.6. The highest BCUT2D eigenvalue weighted by atomic mass is 35.5. The molecule has 0 aliphatic carbocycles. The van der Waals surface area contributed by atoms with Crippen molar-refractivity contribution < 1.29 is 19.0 Å². The van der Waals surface area contributed by atoms with Crippen LogP contribution >= 0.6 is 23.2 Å². The minimum absolute atomic E-state index is 0.0452. The van der Waals surface area contributed by atoms with Crippen LogP contribution in [0.3, 0.4) is 0 Å². The van der Waals surface area contributed by atoms with Crippen molar-refractivity contribution in [3.8, 4) is 17.2 Å². The van der Waals surface area contributed by atoms with Gasteiger partial charge in [0.1, 0.15) is 21.5 Å². The fraction of sp³-hybridized carbons (Fsp3) is 0.353. The van der Waals surface area contributed by atoms with Crippen LogP contribution in [0, 0.1) is 5.95 Å². The SMILES string of the molecule is COCCNc1nc(F)c(Cl)c(Oc2ccc(O)c(C(C)C)c2)c1Cl. The molecule has 2 N–H and O–H groups in total. The number of hydrogen-bond donors (Lipinski definition) is 2. The lowest BCUT2D eigenvalue weighted by molar-refractivity contribution is 0.210. The van der Waals surface area contributed by atoms with Gasteiger partial charge < -0.3 is 19.9 Å². The van der Waals surface area contributed by atoms with Gasteiger partial charge >= 0.3 is 0 Å². The van der Waals surface area contributed by atoms with Crippen molar-refractivity contribution in [2.24, 2.45) is 0 Å². The number of nitrogens with zero attached hydrogens (tertiary/aromatic N) is 1. The second-order valence-corrected chi connectivity index (χ2v) is 6.36. The van der Waals surface area contributed by atoms with E-state index in [9.17, 15) is 9.50 Å². The smallest absolute Gasteiger partial charge is 0.237 e. The molecule has 1 aromatic heterocycles. The van der Waals surface area contributed by atoms with Crippen molar-refractivity contribution in [2.75, 3.05) is 25.6 Å². The third kappa shape index (κ3) is 4.66. The first-order chi connectivity index (χ1) is 11.8. The van der Waals surface area contributed by atoms with Gasteiger partial charge in [-0.05, 0) is 24.1 Å². The second-order valence-electron chi connectivity index (χ2n) is 5.61. The molecular weight excluding hydrogens is 370 g/mol. The molecule has 2 aromatic rings. The summed E-state index contributed by atoms with van der Waals surface area (Å²) in [6, 6.07) is 4.70. The van der Waals surface area contributed by atoms with E-state index in [2.05, 4.69) is 10.3 Å². The van der Waals surface area contributed by atoms with Crippen LogP contribution in [0.2, 0.25) is 10.0 Å². The number of phenols is 1. The van der Waals surface area contributed by atoms with Gasteiger partial charge in [-0.2, -0.15) is 9.37 Å². The molecule has 2 rings (SSSR count). The highest BCUT2D eigenvalue weighted by Gasteiger charge is 2.20. The highest BCUT2D eigenvalue weighted by Crippen LogP contribution is 2.42. The highest BCUT2D eigenvalue weighted by molar-refractivity contribution is 6.38. The summed E-state index contributed by atoms with van der Waals surface area (Å²) >= 11 is 12.2. The molecule has 1 aromatic carbocycles. The van der Waals surface area contributed by atoms with Crippen LogP contribution in [-0.4, -0.2) is 30.4 Å². The van der Waals surface area contributed by atoms with Gasteiger partial charge in [0.25, 0.3) is 0 Å². The number of ether oxygens (including phenoxy) is 2. The van der Waals surface area contributed by atoms with Gasteiger partial charge in [-0.3, -0.25) is 0 Å². The van der Waals surface area contributed by atoms with Crippen LogP contribution in [0.4, 0.5) is 10.2 Å². The maximum atomic E-state index is 14.0. The van der Waals surface area contributed by atoms with Gasteiger partial charge in [0.15, 0.2) is 11.6 Å². The van der Waals surface area contributed by atoms with Crippen molar-refractivity contribution in [3.05, 3.63) is 39.8 Å². The number of halogens is 3. The van der Waals surface area contributed by atoms with Crippen molar-refractivity contribution in [1.29, 1.82) is 0 Å². The van der Waals surface area contributed by atoms with E-state index in [1.165, 1.54) is 6.07 Å². The van der Waals surface area contributed by atoms with Gasteiger partial charge in [-0.1, -0.05) is 37.0 Å². The third-order valence-electron chi connectivity index (χ3n) is 3.44.